The number of aliphatic hydroxyl groups is 1. The van der Waals surface area contributed by atoms with Crippen LogP contribution in [0, 0.1) is 5.41 Å². The van der Waals surface area contributed by atoms with Crippen molar-refractivity contribution in [3.63, 3.8) is 0 Å². The Balaban J connectivity index is 2.65. The normalized spacial score (nSPS) is 11.5. The Morgan fingerprint density at radius 3 is 2.73 bits per heavy atom. The zero-order valence-electron chi connectivity index (χ0n) is 8.79. The largest absolute Gasteiger partial charge is 0.396 e. The van der Waals surface area contributed by atoms with Crippen LogP contribution in [0.5, 0.6) is 0 Å². The predicted molar refractivity (Wildman–Crippen MR) is 60.8 cm³/mol. The van der Waals surface area contributed by atoms with Crippen molar-refractivity contribution in [3.05, 3.63) is 11.2 Å². The van der Waals surface area contributed by atoms with E-state index in [4.69, 9.17) is 22.4 Å². The van der Waals surface area contributed by atoms with Gasteiger partial charge in [-0.2, -0.15) is 4.98 Å². The van der Waals surface area contributed by atoms with Gasteiger partial charge < -0.3 is 16.2 Å². The highest BCUT2D eigenvalue weighted by Gasteiger charge is 2.16. The topological polar surface area (TPSA) is 84.1 Å². The van der Waals surface area contributed by atoms with Crippen molar-refractivity contribution in [1.29, 1.82) is 0 Å². The smallest absolute Gasteiger partial charge is 0.223 e. The Morgan fingerprint density at radius 1 is 1.53 bits per heavy atom. The van der Waals surface area contributed by atoms with Gasteiger partial charge in [0.1, 0.15) is 11.0 Å². The summed E-state index contributed by atoms with van der Waals surface area (Å²) in [7, 11) is 0. The number of nitrogen functional groups attached to an aromatic ring is 1. The van der Waals surface area contributed by atoms with Crippen LogP contribution >= 0.6 is 11.6 Å². The SMILES string of the molecule is CC(C)(CO)CNc1cc(Cl)nc(N)n1. The maximum absolute atomic E-state index is 9.06. The first-order valence-electron chi connectivity index (χ1n) is 4.58. The Morgan fingerprint density at radius 2 is 2.20 bits per heavy atom. The molecule has 1 aromatic rings. The molecule has 0 saturated heterocycles. The van der Waals surface area contributed by atoms with Gasteiger partial charge in [0, 0.05) is 24.6 Å². The molecule has 0 aromatic carbocycles. The number of hydrogen-bond acceptors (Lipinski definition) is 5. The number of rotatable bonds is 4. The van der Waals surface area contributed by atoms with E-state index >= 15 is 0 Å². The molecule has 0 fully saturated rings. The molecule has 1 rings (SSSR count). The van der Waals surface area contributed by atoms with Crippen LogP contribution < -0.4 is 11.1 Å². The van der Waals surface area contributed by atoms with Crippen LogP contribution in [0.4, 0.5) is 11.8 Å². The second kappa shape index (κ2) is 4.63. The fourth-order valence-corrected chi connectivity index (χ4v) is 1.10. The average molecular weight is 231 g/mol. The zero-order valence-corrected chi connectivity index (χ0v) is 9.54. The summed E-state index contributed by atoms with van der Waals surface area (Å²) in [5, 5.41) is 12.4. The molecule has 0 bridgehead atoms. The van der Waals surface area contributed by atoms with E-state index in [0.29, 0.717) is 17.5 Å². The molecule has 0 amide bonds. The highest BCUT2D eigenvalue weighted by Crippen LogP contribution is 2.17. The Hall–Kier alpha value is -1.07. The van der Waals surface area contributed by atoms with Crippen LogP contribution in [0.3, 0.4) is 0 Å². The lowest BCUT2D eigenvalue weighted by Crippen LogP contribution is -2.27. The summed E-state index contributed by atoms with van der Waals surface area (Å²) in [5.74, 6) is 0.695. The maximum atomic E-state index is 9.06. The second-order valence-corrected chi connectivity index (χ2v) is 4.50. The van der Waals surface area contributed by atoms with E-state index in [1.807, 2.05) is 13.8 Å². The third-order valence-corrected chi connectivity index (χ3v) is 2.08. The molecular weight excluding hydrogens is 216 g/mol. The van der Waals surface area contributed by atoms with E-state index in [1.165, 1.54) is 0 Å². The number of hydrogen-bond donors (Lipinski definition) is 3. The minimum atomic E-state index is -0.216. The van der Waals surface area contributed by atoms with Crippen LogP contribution in [0.25, 0.3) is 0 Å². The number of nitrogens with zero attached hydrogens (tertiary/aromatic N) is 2. The molecule has 0 aliphatic rings. The third-order valence-electron chi connectivity index (χ3n) is 1.89. The number of aliphatic hydroxyl groups excluding tert-OH is 1. The molecule has 15 heavy (non-hydrogen) atoms. The highest BCUT2D eigenvalue weighted by molar-refractivity contribution is 6.29. The van der Waals surface area contributed by atoms with E-state index < -0.39 is 0 Å². The molecule has 0 radical (unpaired) electrons. The monoisotopic (exact) mass is 230 g/mol. The van der Waals surface area contributed by atoms with E-state index in [1.54, 1.807) is 6.07 Å². The number of aromatic nitrogens is 2. The summed E-state index contributed by atoms with van der Waals surface area (Å²) in [4.78, 5) is 7.70. The van der Waals surface area contributed by atoms with Crippen LogP contribution in [0.2, 0.25) is 5.15 Å². The number of anilines is 2. The molecule has 0 aliphatic carbocycles. The van der Waals surface area contributed by atoms with Crippen LogP contribution in [0.1, 0.15) is 13.8 Å². The van der Waals surface area contributed by atoms with E-state index in [9.17, 15) is 0 Å². The van der Waals surface area contributed by atoms with Crippen molar-refractivity contribution in [2.75, 3.05) is 24.2 Å². The lowest BCUT2D eigenvalue weighted by atomic mass is 9.95. The summed E-state index contributed by atoms with van der Waals surface area (Å²) < 4.78 is 0. The van der Waals surface area contributed by atoms with Crippen molar-refractivity contribution in [1.82, 2.24) is 9.97 Å². The summed E-state index contributed by atoms with van der Waals surface area (Å²) in [6.45, 7) is 4.54. The van der Waals surface area contributed by atoms with Gasteiger partial charge >= 0.3 is 0 Å². The van der Waals surface area contributed by atoms with Crippen molar-refractivity contribution in [3.8, 4) is 0 Å². The van der Waals surface area contributed by atoms with Crippen molar-refractivity contribution >= 4 is 23.4 Å². The van der Waals surface area contributed by atoms with Gasteiger partial charge in [0.05, 0.1) is 0 Å². The fraction of sp³-hybridized carbons (Fsp3) is 0.556. The fourth-order valence-electron chi connectivity index (χ4n) is 0.912. The van der Waals surface area contributed by atoms with Gasteiger partial charge in [0.15, 0.2) is 0 Å². The molecule has 0 atom stereocenters. The Bertz CT molecular complexity index is 323. The average Bonchev–Trinajstić information content (AvgIpc) is 2.14. The Labute approximate surface area is 93.7 Å². The molecule has 0 unspecified atom stereocenters. The molecule has 1 heterocycles. The van der Waals surface area contributed by atoms with Gasteiger partial charge in [-0.25, -0.2) is 4.98 Å². The highest BCUT2D eigenvalue weighted by atomic mass is 35.5. The summed E-state index contributed by atoms with van der Waals surface area (Å²) in [6.07, 6.45) is 0. The summed E-state index contributed by atoms with van der Waals surface area (Å²) >= 11 is 5.71. The van der Waals surface area contributed by atoms with Crippen LogP contribution in [-0.4, -0.2) is 28.2 Å². The summed E-state index contributed by atoms with van der Waals surface area (Å²) in [5.41, 5.74) is 5.22. The van der Waals surface area contributed by atoms with Crippen LogP contribution in [0.15, 0.2) is 6.07 Å². The van der Waals surface area contributed by atoms with Crippen molar-refractivity contribution < 1.29 is 5.11 Å². The molecular formula is C9H15ClN4O. The lowest BCUT2D eigenvalue weighted by Gasteiger charge is -2.22. The summed E-state index contributed by atoms with van der Waals surface area (Å²) in [6, 6.07) is 1.59. The number of halogens is 1. The van der Waals surface area contributed by atoms with Gasteiger partial charge in [-0.1, -0.05) is 25.4 Å². The van der Waals surface area contributed by atoms with Crippen molar-refractivity contribution in [2.24, 2.45) is 5.41 Å². The molecule has 0 saturated carbocycles. The predicted octanol–water partition coefficient (Wildman–Crippen LogP) is 1.14. The van der Waals surface area contributed by atoms with E-state index in [0.717, 1.165) is 0 Å². The molecule has 0 aliphatic heterocycles. The van der Waals surface area contributed by atoms with Gasteiger partial charge in [-0.15, -0.1) is 0 Å². The third kappa shape index (κ3) is 3.89. The molecule has 5 nitrogen and oxygen atoms in total. The van der Waals surface area contributed by atoms with Crippen molar-refractivity contribution in [2.45, 2.75) is 13.8 Å². The lowest BCUT2D eigenvalue weighted by molar-refractivity contribution is 0.170. The number of nitrogens with two attached hydrogens (primary N) is 1. The molecule has 4 N–H and O–H groups in total. The van der Waals surface area contributed by atoms with Gasteiger partial charge in [0.25, 0.3) is 0 Å². The van der Waals surface area contributed by atoms with Gasteiger partial charge in [-0.05, 0) is 0 Å². The van der Waals surface area contributed by atoms with E-state index in [-0.39, 0.29) is 18.0 Å². The first kappa shape index (κ1) is 12.0. The minimum absolute atomic E-state index is 0.0916. The van der Waals surface area contributed by atoms with Crippen LogP contribution in [-0.2, 0) is 0 Å². The number of nitrogens with one attached hydrogen (secondary N) is 1. The first-order valence-corrected chi connectivity index (χ1v) is 4.95. The van der Waals surface area contributed by atoms with E-state index in [2.05, 4.69) is 15.3 Å². The molecule has 1 aromatic heterocycles. The standard InChI is InChI=1S/C9H15ClN4O/c1-9(2,5-15)4-12-7-3-6(10)13-8(11)14-7/h3,15H,4-5H2,1-2H3,(H3,11,12,13,14). The first-order chi connectivity index (χ1) is 6.93. The zero-order chi connectivity index (χ0) is 11.5. The van der Waals surface area contributed by atoms with Gasteiger partial charge in [0.2, 0.25) is 5.95 Å². The van der Waals surface area contributed by atoms with Gasteiger partial charge in [-0.3, -0.25) is 0 Å². The molecule has 0 spiro atoms. The quantitative estimate of drug-likeness (QED) is 0.676. The second-order valence-electron chi connectivity index (χ2n) is 4.11. The maximum Gasteiger partial charge on any atom is 0.223 e. The Kier molecular flexibility index (Phi) is 3.71. The minimum Gasteiger partial charge on any atom is -0.396 e. The molecule has 84 valence electrons. The molecule has 6 heteroatoms.